The number of rotatable bonds is 4. The first-order valence-electron chi connectivity index (χ1n) is 7.80. The molecule has 0 unspecified atom stereocenters. The van der Waals surface area contributed by atoms with Gasteiger partial charge in [0, 0.05) is 5.56 Å². The highest BCUT2D eigenvalue weighted by atomic mass is 16.6. The van der Waals surface area contributed by atoms with E-state index in [1.54, 1.807) is 9.58 Å². The Morgan fingerprint density at radius 3 is 2.38 bits per heavy atom. The van der Waals surface area contributed by atoms with Crippen molar-refractivity contribution in [2.45, 2.75) is 6.54 Å². The van der Waals surface area contributed by atoms with Crippen LogP contribution in [0.2, 0.25) is 0 Å². The molecule has 0 radical (unpaired) electrons. The summed E-state index contributed by atoms with van der Waals surface area (Å²) < 4.78 is 6.86. The minimum atomic E-state index is -0.358. The van der Waals surface area contributed by atoms with Gasteiger partial charge in [-0.3, -0.25) is 4.90 Å². The Balaban J connectivity index is 1.79. The second-order valence-electron chi connectivity index (χ2n) is 5.54. The first-order chi connectivity index (χ1) is 11.8. The highest BCUT2D eigenvalue weighted by Gasteiger charge is 2.30. The molecule has 1 aliphatic rings. The van der Waals surface area contributed by atoms with Crippen LogP contribution in [0, 0.1) is 0 Å². The fraction of sp³-hybridized carbons (Fsp3) is 0.167. The number of carbonyl (C=O) groups is 1. The van der Waals surface area contributed by atoms with Crippen LogP contribution >= 0.6 is 0 Å². The Morgan fingerprint density at radius 2 is 1.71 bits per heavy atom. The molecule has 6 heteroatoms. The van der Waals surface area contributed by atoms with E-state index in [4.69, 9.17) is 4.74 Å². The molecule has 1 aromatic heterocycles. The van der Waals surface area contributed by atoms with Gasteiger partial charge in [0.05, 0.1) is 13.1 Å². The summed E-state index contributed by atoms with van der Waals surface area (Å²) in [5.74, 6) is 0.674. The average Bonchev–Trinajstić information content (AvgIpc) is 3.22. The van der Waals surface area contributed by atoms with Gasteiger partial charge >= 0.3 is 6.09 Å². The molecule has 0 N–H and O–H groups in total. The smallest absolute Gasteiger partial charge is 0.415 e. The molecule has 2 aromatic carbocycles. The summed E-state index contributed by atoms with van der Waals surface area (Å²) in [6, 6.07) is 19.7. The van der Waals surface area contributed by atoms with Crippen LogP contribution in [0.15, 0.2) is 60.7 Å². The van der Waals surface area contributed by atoms with E-state index in [1.165, 1.54) is 0 Å². The number of carbonyl (C=O) groups excluding carboxylic acids is 1. The second-order valence-corrected chi connectivity index (χ2v) is 5.54. The number of hydrogen-bond donors (Lipinski definition) is 0. The normalized spacial score (nSPS) is 14.0. The first kappa shape index (κ1) is 14.4. The van der Waals surface area contributed by atoms with Gasteiger partial charge in [-0.25, -0.2) is 9.48 Å². The van der Waals surface area contributed by atoms with Crippen molar-refractivity contribution < 1.29 is 9.53 Å². The third-order valence-electron chi connectivity index (χ3n) is 3.95. The molecule has 2 heterocycles. The standard InChI is InChI=1S/C18H16N4O2/c23-18-21(11-12-24-18)17-16(15-9-5-2-6-10-15)19-20-22(17)13-14-7-3-1-4-8-14/h1-10H,11-13H2. The van der Waals surface area contributed by atoms with Crippen LogP contribution in [0.1, 0.15) is 5.56 Å². The summed E-state index contributed by atoms with van der Waals surface area (Å²) in [6.07, 6.45) is -0.358. The minimum absolute atomic E-state index is 0.358. The summed E-state index contributed by atoms with van der Waals surface area (Å²) >= 11 is 0. The zero-order chi connectivity index (χ0) is 16.4. The molecule has 4 rings (SSSR count). The molecule has 0 spiro atoms. The maximum atomic E-state index is 12.1. The summed E-state index contributed by atoms with van der Waals surface area (Å²) in [4.78, 5) is 13.7. The van der Waals surface area contributed by atoms with Crippen molar-refractivity contribution in [3.05, 3.63) is 66.2 Å². The van der Waals surface area contributed by atoms with Crippen LogP contribution in [0.25, 0.3) is 11.3 Å². The number of anilines is 1. The molecule has 0 bridgehead atoms. The highest BCUT2D eigenvalue weighted by molar-refractivity contribution is 5.92. The molecular formula is C18H16N4O2. The summed E-state index contributed by atoms with van der Waals surface area (Å²) in [5, 5.41) is 8.61. The lowest BCUT2D eigenvalue weighted by Crippen LogP contribution is -2.27. The Morgan fingerprint density at radius 1 is 1.00 bits per heavy atom. The minimum Gasteiger partial charge on any atom is -0.447 e. The van der Waals surface area contributed by atoms with Gasteiger partial charge in [-0.05, 0) is 5.56 Å². The number of nitrogens with zero attached hydrogens (tertiary/aromatic N) is 4. The lowest BCUT2D eigenvalue weighted by molar-refractivity contribution is 0.181. The predicted molar refractivity (Wildman–Crippen MR) is 89.7 cm³/mol. The SMILES string of the molecule is O=C1OCCN1c1c(-c2ccccc2)nnn1Cc1ccccc1. The second kappa shape index (κ2) is 6.16. The van der Waals surface area contributed by atoms with Gasteiger partial charge in [0.2, 0.25) is 0 Å². The van der Waals surface area contributed by atoms with Gasteiger partial charge in [-0.2, -0.15) is 0 Å². The van der Waals surface area contributed by atoms with Crippen LogP contribution in [0.3, 0.4) is 0 Å². The zero-order valence-electron chi connectivity index (χ0n) is 13.0. The van der Waals surface area contributed by atoms with Gasteiger partial charge < -0.3 is 4.74 Å². The number of amides is 1. The average molecular weight is 320 g/mol. The molecule has 3 aromatic rings. The fourth-order valence-electron chi connectivity index (χ4n) is 2.81. The predicted octanol–water partition coefficient (Wildman–Crippen LogP) is 2.95. The van der Waals surface area contributed by atoms with Crippen molar-refractivity contribution in [1.29, 1.82) is 0 Å². The van der Waals surface area contributed by atoms with Crippen LogP contribution in [0.4, 0.5) is 10.6 Å². The Kier molecular flexibility index (Phi) is 3.70. The molecule has 24 heavy (non-hydrogen) atoms. The topological polar surface area (TPSA) is 60.2 Å². The van der Waals surface area contributed by atoms with Gasteiger partial charge in [0.15, 0.2) is 5.82 Å². The molecule has 120 valence electrons. The van der Waals surface area contributed by atoms with Crippen molar-refractivity contribution in [1.82, 2.24) is 15.0 Å². The van der Waals surface area contributed by atoms with E-state index < -0.39 is 0 Å². The third kappa shape index (κ3) is 2.62. The Labute approximate surface area is 139 Å². The lowest BCUT2D eigenvalue weighted by atomic mass is 10.1. The number of benzene rings is 2. The van der Waals surface area contributed by atoms with Crippen LogP contribution in [0.5, 0.6) is 0 Å². The van der Waals surface area contributed by atoms with E-state index >= 15 is 0 Å². The molecule has 0 atom stereocenters. The molecule has 1 amide bonds. The van der Waals surface area contributed by atoms with E-state index in [0.29, 0.717) is 31.2 Å². The largest absolute Gasteiger partial charge is 0.447 e. The Hall–Kier alpha value is -3.15. The van der Waals surface area contributed by atoms with Crippen molar-refractivity contribution in [3.8, 4) is 11.3 Å². The maximum Gasteiger partial charge on any atom is 0.415 e. The van der Waals surface area contributed by atoms with Crippen LogP contribution in [-0.4, -0.2) is 34.2 Å². The fourth-order valence-corrected chi connectivity index (χ4v) is 2.81. The van der Waals surface area contributed by atoms with E-state index in [9.17, 15) is 4.79 Å². The van der Waals surface area contributed by atoms with E-state index in [-0.39, 0.29) is 6.09 Å². The Bertz CT molecular complexity index is 846. The maximum absolute atomic E-state index is 12.1. The quantitative estimate of drug-likeness (QED) is 0.741. The van der Waals surface area contributed by atoms with Gasteiger partial charge in [0.1, 0.15) is 12.3 Å². The van der Waals surface area contributed by atoms with Gasteiger partial charge in [-0.1, -0.05) is 65.9 Å². The molecule has 6 nitrogen and oxygen atoms in total. The van der Waals surface area contributed by atoms with Crippen molar-refractivity contribution >= 4 is 11.9 Å². The number of cyclic esters (lactones) is 1. The van der Waals surface area contributed by atoms with Crippen molar-refractivity contribution in [3.63, 3.8) is 0 Å². The van der Waals surface area contributed by atoms with E-state index in [0.717, 1.165) is 11.1 Å². The van der Waals surface area contributed by atoms with E-state index in [1.807, 2.05) is 60.7 Å². The van der Waals surface area contributed by atoms with Crippen LogP contribution < -0.4 is 4.90 Å². The first-order valence-corrected chi connectivity index (χ1v) is 7.80. The summed E-state index contributed by atoms with van der Waals surface area (Å²) in [7, 11) is 0. The molecule has 1 aliphatic heterocycles. The monoisotopic (exact) mass is 320 g/mol. The van der Waals surface area contributed by atoms with E-state index in [2.05, 4.69) is 10.3 Å². The summed E-state index contributed by atoms with van der Waals surface area (Å²) in [6.45, 7) is 1.42. The molecule has 1 fully saturated rings. The van der Waals surface area contributed by atoms with Gasteiger partial charge in [0.25, 0.3) is 0 Å². The number of ether oxygens (including phenoxy) is 1. The van der Waals surface area contributed by atoms with Crippen LogP contribution in [-0.2, 0) is 11.3 Å². The number of aromatic nitrogens is 3. The molecule has 0 saturated carbocycles. The van der Waals surface area contributed by atoms with Crippen molar-refractivity contribution in [2.75, 3.05) is 18.1 Å². The van der Waals surface area contributed by atoms with Crippen molar-refractivity contribution in [2.24, 2.45) is 0 Å². The lowest BCUT2D eigenvalue weighted by Gasteiger charge is -2.16. The summed E-state index contributed by atoms with van der Waals surface area (Å²) in [5.41, 5.74) is 2.70. The number of hydrogen-bond acceptors (Lipinski definition) is 4. The molecule has 1 saturated heterocycles. The van der Waals surface area contributed by atoms with Gasteiger partial charge in [-0.15, -0.1) is 5.10 Å². The molecular weight excluding hydrogens is 304 g/mol. The molecule has 0 aliphatic carbocycles. The highest BCUT2D eigenvalue weighted by Crippen LogP contribution is 2.30. The zero-order valence-corrected chi connectivity index (χ0v) is 13.0. The third-order valence-corrected chi connectivity index (χ3v) is 3.95.